The quantitative estimate of drug-likeness (QED) is 0.555. The van der Waals surface area contributed by atoms with Gasteiger partial charge in [-0.15, -0.1) is 0 Å². The lowest BCUT2D eigenvalue weighted by atomic mass is 9.91. The fourth-order valence-corrected chi connectivity index (χ4v) is 2.94. The second kappa shape index (κ2) is 9.67. The van der Waals surface area contributed by atoms with E-state index in [1.54, 1.807) is 42.5 Å². The predicted molar refractivity (Wildman–Crippen MR) is 102 cm³/mol. The summed E-state index contributed by atoms with van der Waals surface area (Å²) in [4.78, 5) is 36.1. The van der Waals surface area contributed by atoms with E-state index >= 15 is 0 Å². The lowest BCUT2D eigenvalue weighted by molar-refractivity contribution is -0.142. The molecule has 0 aliphatic carbocycles. The fraction of sp³-hybridized carbons (Fsp3) is 0.318. The molecule has 5 nitrogen and oxygen atoms in total. The van der Waals surface area contributed by atoms with Crippen LogP contribution < -0.4 is 0 Å². The zero-order chi connectivity index (χ0) is 19.8. The molecule has 5 heteroatoms. The van der Waals surface area contributed by atoms with E-state index in [1.165, 1.54) is 0 Å². The van der Waals surface area contributed by atoms with Crippen LogP contribution in [0.15, 0.2) is 48.5 Å². The number of rotatable bonds is 8. The molecule has 0 saturated carbocycles. The lowest BCUT2D eigenvalue weighted by Gasteiger charge is -2.16. The van der Waals surface area contributed by atoms with Gasteiger partial charge in [0.25, 0.3) is 0 Å². The zero-order valence-electron chi connectivity index (χ0n) is 15.6. The van der Waals surface area contributed by atoms with Crippen molar-refractivity contribution in [1.29, 1.82) is 0 Å². The number of ether oxygens (including phenoxy) is 1. The van der Waals surface area contributed by atoms with Gasteiger partial charge in [-0.1, -0.05) is 50.6 Å². The molecule has 1 N–H and O–H groups in total. The summed E-state index contributed by atoms with van der Waals surface area (Å²) in [5, 5.41) is 9.43. The molecule has 0 saturated heterocycles. The number of carbonyl (C=O) groups excluding carboxylic acids is 2. The van der Waals surface area contributed by atoms with Gasteiger partial charge in [0, 0.05) is 0 Å². The third-order valence-electron chi connectivity index (χ3n) is 4.43. The number of benzene rings is 2. The molecule has 2 rings (SSSR count). The van der Waals surface area contributed by atoms with Crippen LogP contribution in [0, 0.1) is 5.92 Å². The molecule has 1 atom stereocenters. The molecule has 1 unspecified atom stereocenters. The second-order valence-corrected chi connectivity index (χ2v) is 6.43. The Labute approximate surface area is 159 Å². The Morgan fingerprint density at radius 2 is 1.74 bits per heavy atom. The standard InChI is InChI=1S/C22H24O5/c1-3-8-15-11-12-19(20(23)24)18(13-15)14-16(4-2)21(25)27-22(26)17-9-6-5-7-10-17/h5-7,9-13,16H,3-4,8,14H2,1-2H3,(H,23,24). The average Bonchev–Trinajstić information content (AvgIpc) is 2.66. The van der Waals surface area contributed by atoms with Crippen LogP contribution in [0.25, 0.3) is 0 Å². The summed E-state index contributed by atoms with van der Waals surface area (Å²) >= 11 is 0. The van der Waals surface area contributed by atoms with Crippen molar-refractivity contribution in [3.63, 3.8) is 0 Å². The van der Waals surface area contributed by atoms with Crippen molar-refractivity contribution in [2.24, 2.45) is 5.92 Å². The Balaban J connectivity index is 2.17. The van der Waals surface area contributed by atoms with Gasteiger partial charge in [0.05, 0.1) is 17.0 Å². The highest BCUT2D eigenvalue weighted by atomic mass is 16.6. The van der Waals surface area contributed by atoms with Crippen LogP contribution in [0.1, 0.15) is 58.5 Å². The molecule has 27 heavy (non-hydrogen) atoms. The first-order chi connectivity index (χ1) is 13.0. The van der Waals surface area contributed by atoms with Gasteiger partial charge in [0.15, 0.2) is 0 Å². The summed E-state index contributed by atoms with van der Waals surface area (Å²) in [5.41, 5.74) is 2.10. The topological polar surface area (TPSA) is 80.7 Å². The molecule has 2 aromatic carbocycles. The molecule has 0 amide bonds. The monoisotopic (exact) mass is 368 g/mol. The van der Waals surface area contributed by atoms with Crippen LogP contribution in [0.2, 0.25) is 0 Å². The van der Waals surface area contributed by atoms with E-state index in [0.29, 0.717) is 17.5 Å². The van der Waals surface area contributed by atoms with Crippen molar-refractivity contribution in [1.82, 2.24) is 0 Å². The minimum Gasteiger partial charge on any atom is -0.478 e. The van der Waals surface area contributed by atoms with Crippen molar-refractivity contribution in [2.45, 2.75) is 39.5 Å². The number of carboxylic acid groups (broad SMARTS) is 1. The lowest BCUT2D eigenvalue weighted by Crippen LogP contribution is -2.23. The first kappa shape index (κ1) is 20.4. The average molecular weight is 368 g/mol. The molecular weight excluding hydrogens is 344 g/mol. The summed E-state index contributed by atoms with van der Waals surface area (Å²) in [6, 6.07) is 13.5. The molecule has 0 aliphatic rings. The molecule has 0 fully saturated rings. The number of carbonyl (C=O) groups is 3. The van der Waals surface area contributed by atoms with Crippen molar-refractivity contribution in [3.05, 3.63) is 70.8 Å². The first-order valence-electron chi connectivity index (χ1n) is 9.12. The molecule has 142 valence electrons. The highest BCUT2D eigenvalue weighted by Crippen LogP contribution is 2.21. The molecule has 0 heterocycles. The van der Waals surface area contributed by atoms with Crippen LogP contribution >= 0.6 is 0 Å². The third kappa shape index (κ3) is 5.51. The highest BCUT2D eigenvalue weighted by molar-refractivity contribution is 5.97. The second-order valence-electron chi connectivity index (χ2n) is 6.43. The predicted octanol–water partition coefficient (Wildman–Crippen LogP) is 4.29. The number of esters is 2. The summed E-state index contributed by atoms with van der Waals surface area (Å²) in [7, 11) is 0. The summed E-state index contributed by atoms with van der Waals surface area (Å²) in [6.45, 7) is 3.86. The third-order valence-corrected chi connectivity index (χ3v) is 4.43. The normalized spacial score (nSPS) is 11.6. The maximum absolute atomic E-state index is 12.5. The summed E-state index contributed by atoms with van der Waals surface area (Å²) in [5.74, 6) is -2.95. The summed E-state index contributed by atoms with van der Waals surface area (Å²) in [6.07, 6.45) is 2.44. The Kier molecular flexibility index (Phi) is 7.29. The van der Waals surface area contributed by atoms with Gasteiger partial charge in [-0.3, -0.25) is 4.79 Å². The maximum atomic E-state index is 12.5. The summed E-state index contributed by atoms with van der Waals surface area (Å²) < 4.78 is 5.01. The van der Waals surface area contributed by atoms with E-state index in [4.69, 9.17) is 4.74 Å². The molecule has 0 bridgehead atoms. The number of carboxylic acids is 1. The van der Waals surface area contributed by atoms with Crippen LogP contribution in [-0.2, 0) is 22.4 Å². The molecule has 2 aromatic rings. The molecule has 0 spiro atoms. The van der Waals surface area contributed by atoms with Gasteiger partial charge in [0.2, 0.25) is 0 Å². The minimum absolute atomic E-state index is 0.176. The van der Waals surface area contributed by atoms with E-state index in [2.05, 4.69) is 0 Å². The number of hydrogen-bond acceptors (Lipinski definition) is 4. The zero-order valence-corrected chi connectivity index (χ0v) is 15.6. The minimum atomic E-state index is -1.03. The van der Waals surface area contributed by atoms with E-state index in [9.17, 15) is 19.5 Å². The van der Waals surface area contributed by atoms with Crippen LogP contribution in [-0.4, -0.2) is 23.0 Å². The number of aryl methyl sites for hydroxylation is 1. The number of aromatic carboxylic acids is 1. The van der Waals surface area contributed by atoms with E-state index in [-0.39, 0.29) is 12.0 Å². The molecule has 0 aromatic heterocycles. The Bertz CT molecular complexity index is 811. The van der Waals surface area contributed by atoms with E-state index < -0.39 is 23.8 Å². The van der Waals surface area contributed by atoms with Crippen molar-refractivity contribution < 1.29 is 24.2 Å². The molecular formula is C22H24O5. The largest absolute Gasteiger partial charge is 0.478 e. The fourth-order valence-electron chi connectivity index (χ4n) is 2.94. The van der Waals surface area contributed by atoms with Gasteiger partial charge >= 0.3 is 17.9 Å². The first-order valence-corrected chi connectivity index (χ1v) is 9.12. The maximum Gasteiger partial charge on any atom is 0.345 e. The Hall–Kier alpha value is -2.95. The van der Waals surface area contributed by atoms with Crippen molar-refractivity contribution in [3.8, 4) is 0 Å². The van der Waals surface area contributed by atoms with Gasteiger partial charge in [0.1, 0.15) is 0 Å². The van der Waals surface area contributed by atoms with Crippen molar-refractivity contribution >= 4 is 17.9 Å². The van der Waals surface area contributed by atoms with Gasteiger partial charge in [-0.2, -0.15) is 0 Å². The van der Waals surface area contributed by atoms with Gasteiger partial charge < -0.3 is 9.84 Å². The van der Waals surface area contributed by atoms with Crippen LogP contribution in [0.3, 0.4) is 0 Å². The molecule has 0 radical (unpaired) electrons. The SMILES string of the molecule is CCCc1ccc(C(=O)O)c(CC(CC)C(=O)OC(=O)c2ccccc2)c1. The van der Waals surface area contributed by atoms with Gasteiger partial charge in [-0.25, -0.2) is 9.59 Å². The number of hydrogen-bond donors (Lipinski definition) is 1. The highest BCUT2D eigenvalue weighted by Gasteiger charge is 2.24. The van der Waals surface area contributed by atoms with Gasteiger partial charge in [-0.05, 0) is 48.6 Å². The van der Waals surface area contributed by atoms with E-state index in [1.807, 2.05) is 19.9 Å². The van der Waals surface area contributed by atoms with E-state index in [0.717, 1.165) is 18.4 Å². The van der Waals surface area contributed by atoms with Crippen LogP contribution in [0.5, 0.6) is 0 Å². The molecule has 0 aliphatic heterocycles. The Morgan fingerprint density at radius 1 is 1.04 bits per heavy atom. The Morgan fingerprint density at radius 3 is 2.33 bits per heavy atom. The van der Waals surface area contributed by atoms with Crippen molar-refractivity contribution in [2.75, 3.05) is 0 Å². The van der Waals surface area contributed by atoms with Crippen LogP contribution in [0.4, 0.5) is 0 Å². The smallest absolute Gasteiger partial charge is 0.345 e.